The maximum Gasteiger partial charge on any atom is 0.310 e. The van der Waals surface area contributed by atoms with E-state index < -0.39 is 11.8 Å². The van der Waals surface area contributed by atoms with Gasteiger partial charge in [-0.15, -0.1) is 0 Å². The Morgan fingerprint density at radius 1 is 1.53 bits per heavy atom. The minimum atomic E-state index is -0.703. The second-order valence-electron chi connectivity index (χ2n) is 3.25. The van der Waals surface area contributed by atoms with E-state index in [1.165, 1.54) is 13.2 Å². The zero-order chi connectivity index (χ0) is 12.8. The van der Waals surface area contributed by atoms with Gasteiger partial charge in [-0.3, -0.25) is 4.79 Å². The Morgan fingerprint density at radius 3 is 2.76 bits per heavy atom. The number of hydrogen-bond donors (Lipinski definition) is 0. The molecule has 17 heavy (non-hydrogen) atoms. The third kappa shape index (κ3) is 3.18. The molecule has 1 aromatic rings. The van der Waals surface area contributed by atoms with Crippen molar-refractivity contribution in [3.8, 4) is 11.8 Å². The van der Waals surface area contributed by atoms with Crippen LogP contribution in [0.25, 0.3) is 0 Å². The highest BCUT2D eigenvalue weighted by Crippen LogP contribution is 2.23. The summed E-state index contributed by atoms with van der Waals surface area (Å²) in [5.41, 5.74) is 0.247. The Morgan fingerprint density at radius 2 is 2.24 bits per heavy atom. The SMILES string of the molecule is CCOC(=O)Cc1cc(F)c(C#N)c(OC)c1. The number of carbonyl (C=O) groups excluding carboxylic acids is 1. The fourth-order valence-corrected chi connectivity index (χ4v) is 1.39. The fraction of sp³-hybridized carbons (Fsp3) is 0.333. The van der Waals surface area contributed by atoms with Crippen LogP contribution in [0.1, 0.15) is 18.1 Å². The molecule has 0 N–H and O–H groups in total. The summed E-state index contributed by atoms with van der Waals surface area (Å²) in [6, 6.07) is 4.30. The van der Waals surface area contributed by atoms with Crippen LogP contribution in [-0.2, 0) is 16.0 Å². The molecule has 90 valence electrons. The lowest BCUT2D eigenvalue weighted by atomic mass is 10.1. The molecule has 0 spiro atoms. The lowest BCUT2D eigenvalue weighted by Gasteiger charge is -2.07. The topological polar surface area (TPSA) is 59.3 Å². The number of ether oxygens (including phenoxy) is 2. The van der Waals surface area contributed by atoms with E-state index in [-0.39, 0.29) is 24.3 Å². The van der Waals surface area contributed by atoms with Crippen molar-refractivity contribution in [3.63, 3.8) is 0 Å². The molecule has 0 unspecified atom stereocenters. The summed E-state index contributed by atoms with van der Waals surface area (Å²) >= 11 is 0. The van der Waals surface area contributed by atoms with Gasteiger partial charge in [0.2, 0.25) is 0 Å². The molecule has 0 aliphatic carbocycles. The molecule has 0 heterocycles. The predicted molar refractivity (Wildman–Crippen MR) is 58.0 cm³/mol. The van der Waals surface area contributed by atoms with Crippen molar-refractivity contribution in [2.45, 2.75) is 13.3 Å². The van der Waals surface area contributed by atoms with E-state index in [1.807, 2.05) is 0 Å². The average Bonchev–Trinajstić information content (AvgIpc) is 2.28. The monoisotopic (exact) mass is 237 g/mol. The molecule has 0 amide bonds. The first-order valence-corrected chi connectivity index (χ1v) is 5.04. The van der Waals surface area contributed by atoms with Crippen LogP contribution >= 0.6 is 0 Å². The van der Waals surface area contributed by atoms with Crippen LogP contribution in [-0.4, -0.2) is 19.7 Å². The van der Waals surface area contributed by atoms with Crippen LogP contribution in [0.2, 0.25) is 0 Å². The summed E-state index contributed by atoms with van der Waals surface area (Å²) in [5, 5.41) is 8.73. The van der Waals surface area contributed by atoms with Gasteiger partial charge in [0.1, 0.15) is 23.2 Å². The van der Waals surface area contributed by atoms with Crippen LogP contribution in [0, 0.1) is 17.1 Å². The molecule has 0 bridgehead atoms. The quantitative estimate of drug-likeness (QED) is 0.749. The van der Waals surface area contributed by atoms with Gasteiger partial charge in [0, 0.05) is 0 Å². The first-order chi connectivity index (χ1) is 8.12. The number of rotatable bonds is 4. The Balaban J connectivity index is 3.00. The van der Waals surface area contributed by atoms with Gasteiger partial charge in [-0.2, -0.15) is 5.26 Å². The Bertz CT molecular complexity index is 466. The smallest absolute Gasteiger partial charge is 0.310 e. The maximum absolute atomic E-state index is 13.5. The molecule has 1 rings (SSSR count). The van der Waals surface area contributed by atoms with Crippen molar-refractivity contribution in [2.75, 3.05) is 13.7 Å². The largest absolute Gasteiger partial charge is 0.495 e. The second kappa shape index (κ2) is 5.85. The van der Waals surface area contributed by atoms with Gasteiger partial charge in [0.25, 0.3) is 0 Å². The minimum absolute atomic E-state index is 0.0488. The number of halogens is 1. The van der Waals surface area contributed by atoms with Crippen LogP contribution in [0.5, 0.6) is 5.75 Å². The van der Waals surface area contributed by atoms with Gasteiger partial charge in [-0.1, -0.05) is 0 Å². The Hall–Kier alpha value is -2.09. The van der Waals surface area contributed by atoms with Gasteiger partial charge in [-0.05, 0) is 24.6 Å². The molecule has 0 atom stereocenters. The lowest BCUT2D eigenvalue weighted by Crippen LogP contribution is -2.08. The van der Waals surface area contributed by atoms with Crippen LogP contribution in [0.3, 0.4) is 0 Å². The van der Waals surface area contributed by atoms with Crippen LogP contribution in [0.15, 0.2) is 12.1 Å². The molecule has 1 aromatic carbocycles. The van der Waals surface area contributed by atoms with Crippen molar-refractivity contribution >= 4 is 5.97 Å². The number of methoxy groups -OCH3 is 1. The van der Waals surface area contributed by atoms with E-state index in [2.05, 4.69) is 0 Å². The lowest BCUT2D eigenvalue weighted by molar-refractivity contribution is -0.142. The molecular weight excluding hydrogens is 225 g/mol. The Labute approximate surface area is 98.6 Å². The first-order valence-electron chi connectivity index (χ1n) is 5.04. The summed E-state index contributed by atoms with van der Waals surface area (Å²) in [4.78, 5) is 11.2. The maximum atomic E-state index is 13.5. The summed E-state index contributed by atoms with van der Waals surface area (Å²) < 4.78 is 23.1. The number of hydrogen-bond acceptors (Lipinski definition) is 4. The summed E-state index contributed by atoms with van der Waals surface area (Å²) in [6.07, 6.45) is -0.0488. The molecule has 0 aromatic heterocycles. The third-order valence-electron chi connectivity index (χ3n) is 2.10. The van der Waals surface area contributed by atoms with Crippen molar-refractivity contribution in [2.24, 2.45) is 0 Å². The van der Waals surface area contributed by atoms with Crippen molar-refractivity contribution < 1.29 is 18.7 Å². The number of carbonyl (C=O) groups is 1. The summed E-state index contributed by atoms with van der Waals surface area (Å²) in [6.45, 7) is 1.96. The van der Waals surface area contributed by atoms with E-state index in [0.717, 1.165) is 6.07 Å². The van der Waals surface area contributed by atoms with Gasteiger partial charge in [0.15, 0.2) is 0 Å². The van der Waals surface area contributed by atoms with Gasteiger partial charge < -0.3 is 9.47 Å². The van der Waals surface area contributed by atoms with E-state index in [9.17, 15) is 9.18 Å². The molecule has 0 radical (unpaired) electrons. The normalized spacial score (nSPS) is 9.53. The van der Waals surface area contributed by atoms with Gasteiger partial charge in [0.05, 0.1) is 20.1 Å². The highest BCUT2D eigenvalue weighted by molar-refractivity contribution is 5.73. The fourth-order valence-electron chi connectivity index (χ4n) is 1.39. The third-order valence-corrected chi connectivity index (χ3v) is 2.10. The van der Waals surface area contributed by atoms with Gasteiger partial charge in [-0.25, -0.2) is 4.39 Å². The number of nitrogens with zero attached hydrogens (tertiary/aromatic N) is 1. The van der Waals surface area contributed by atoms with Crippen molar-refractivity contribution in [1.29, 1.82) is 5.26 Å². The zero-order valence-corrected chi connectivity index (χ0v) is 9.62. The molecular formula is C12H12FNO3. The van der Waals surface area contributed by atoms with Crippen LogP contribution in [0.4, 0.5) is 4.39 Å². The molecule has 0 saturated carbocycles. The number of nitriles is 1. The molecule has 0 aliphatic rings. The molecule has 0 saturated heterocycles. The van der Waals surface area contributed by atoms with E-state index >= 15 is 0 Å². The summed E-state index contributed by atoms with van der Waals surface area (Å²) in [5.74, 6) is -1.03. The minimum Gasteiger partial charge on any atom is -0.495 e. The molecule has 5 heteroatoms. The van der Waals surface area contributed by atoms with E-state index in [4.69, 9.17) is 14.7 Å². The van der Waals surface area contributed by atoms with Crippen molar-refractivity contribution in [3.05, 3.63) is 29.1 Å². The first kappa shape index (κ1) is 13.0. The van der Waals surface area contributed by atoms with Crippen LogP contribution < -0.4 is 4.74 Å². The molecule has 4 nitrogen and oxygen atoms in total. The highest BCUT2D eigenvalue weighted by atomic mass is 19.1. The average molecular weight is 237 g/mol. The standard InChI is InChI=1S/C12H12FNO3/c1-3-17-12(15)6-8-4-10(13)9(7-14)11(5-8)16-2/h4-5H,3,6H2,1-2H3. The van der Waals surface area contributed by atoms with Gasteiger partial charge >= 0.3 is 5.97 Å². The Kier molecular flexibility index (Phi) is 4.46. The number of esters is 1. The zero-order valence-electron chi connectivity index (χ0n) is 9.62. The number of benzene rings is 1. The summed E-state index contributed by atoms with van der Waals surface area (Å²) in [7, 11) is 1.34. The highest BCUT2D eigenvalue weighted by Gasteiger charge is 2.13. The molecule has 0 aliphatic heterocycles. The second-order valence-corrected chi connectivity index (χ2v) is 3.25. The van der Waals surface area contributed by atoms with Crippen molar-refractivity contribution in [1.82, 2.24) is 0 Å². The van der Waals surface area contributed by atoms with E-state index in [1.54, 1.807) is 13.0 Å². The molecule has 0 fully saturated rings. The van der Waals surface area contributed by atoms with E-state index in [0.29, 0.717) is 5.56 Å². The predicted octanol–water partition coefficient (Wildman–Crippen LogP) is 1.81.